The zero-order chi connectivity index (χ0) is 15.2. The van der Waals surface area contributed by atoms with Gasteiger partial charge in [0.15, 0.2) is 5.78 Å². The maximum absolute atomic E-state index is 11.8. The van der Waals surface area contributed by atoms with E-state index in [1.165, 1.54) is 0 Å². The topological polar surface area (TPSA) is 34.9 Å². The van der Waals surface area contributed by atoms with E-state index in [1.54, 1.807) is 18.6 Å². The Hall–Kier alpha value is -1.90. The number of imidazole rings is 1. The van der Waals surface area contributed by atoms with Crippen molar-refractivity contribution in [3.8, 4) is 0 Å². The zero-order valence-corrected chi connectivity index (χ0v) is 12.9. The van der Waals surface area contributed by atoms with Crippen LogP contribution in [0.2, 0.25) is 0 Å². The predicted molar refractivity (Wildman–Crippen MR) is 85.5 cm³/mol. The standard InChI is InChI=1S/C15H20N2O.C2H6/c1-3-4-5-6-7-8-14(2)15(18)9-11-17-12-10-16-13-17;1-2/h4-5,7-8,10,12-13H,2-3,6,9,11H2,1H3;1-2H3/b5-4-,8-7?;. The lowest BCUT2D eigenvalue weighted by molar-refractivity contribution is -0.115. The van der Waals surface area contributed by atoms with Crippen molar-refractivity contribution < 1.29 is 4.79 Å². The summed E-state index contributed by atoms with van der Waals surface area (Å²) in [5.41, 5.74) is 0.569. The van der Waals surface area contributed by atoms with Gasteiger partial charge in [0.1, 0.15) is 0 Å². The lowest BCUT2D eigenvalue weighted by Gasteiger charge is -2.01. The number of rotatable bonds is 8. The van der Waals surface area contributed by atoms with Crippen molar-refractivity contribution in [3.63, 3.8) is 0 Å². The SMILES string of the molecule is C=C(C=CC/C=C\CC)C(=O)CCn1ccnc1.CC. The van der Waals surface area contributed by atoms with Gasteiger partial charge < -0.3 is 4.57 Å². The highest BCUT2D eigenvalue weighted by atomic mass is 16.1. The Bertz CT molecular complexity index is 428. The van der Waals surface area contributed by atoms with Gasteiger partial charge in [0.25, 0.3) is 0 Å². The van der Waals surface area contributed by atoms with Crippen molar-refractivity contribution in [3.05, 3.63) is 55.2 Å². The van der Waals surface area contributed by atoms with Gasteiger partial charge in [-0.25, -0.2) is 4.98 Å². The Morgan fingerprint density at radius 3 is 2.65 bits per heavy atom. The van der Waals surface area contributed by atoms with Crippen LogP contribution in [0.4, 0.5) is 0 Å². The van der Waals surface area contributed by atoms with Crippen molar-refractivity contribution in [2.24, 2.45) is 0 Å². The van der Waals surface area contributed by atoms with Gasteiger partial charge in [-0.2, -0.15) is 0 Å². The largest absolute Gasteiger partial charge is 0.337 e. The highest BCUT2D eigenvalue weighted by Gasteiger charge is 2.03. The molecule has 0 N–H and O–H groups in total. The van der Waals surface area contributed by atoms with Gasteiger partial charge in [0.2, 0.25) is 0 Å². The van der Waals surface area contributed by atoms with Crippen molar-refractivity contribution in [1.29, 1.82) is 0 Å². The molecule has 20 heavy (non-hydrogen) atoms. The van der Waals surface area contributed by atoms with E-state index in [2.05, 4.69) is 30.6 Å². The Labute approximate surface area is 122 Å². The van der Waals surface area contributed by atoms with Crippen LogP contribution in [0, 0.1) is 0 Å². The average Bonchev–Trinajstić information content (AvgIpc) is 2.99. The molecule has 0 unspecified atom stereocenters. The summed E-state index contributed by atoms with van der Waals surface area (Å²) < 4.78 is 1.89. The molecule has 0 aliphatic carbocycles. The molecule has 1 aromatic heterocycles. The first-order chi connectivity index (χ1) is 9.74. The first-order valence-electron chi connectivity index (χ1n) is 7.23. The van der Waals surface area contributed by atoms with Gasteiger partial charge in [-0.15, -0.1) is 0 Å². The summed E-state index contributed by atoms with van der Waals surface area (Å²) in [6, 6.07) is 0. The molecule has 1 rings (SSSR count). The fourth-order valence-electron chi connectivity index (χ4n) is 1.45. The van der Waals surface area contributed by atoms with Crippen LogP contribution in [-0.2, 0) is 11.3 Å². The third kappa shape index (κ3) is 8.25. The van der Waals surface area contributed by atoms with E-state index >= 15 is 0 Å². The summed E-state index contributed by atoms with van der Waals surface area (Å²) in [5, 5.41) is 0. The molecule has 0 bridgehead atoms. The second-order valence-corrected chi connectivity index (χ2v) is 4.02. The number of aromatic nitrogens is 2. The third-order valence-electron chi connectivity index (χ3n) is 2.51. The normalized spacial score (nSPS) is 10.6. The molecular weight excluding hydrogens is 248 g/mol. The summed E-state index contributed by atoms with van der Waals surface area (Å²) >= 11 is 0. The number of carbonyl (C=O) groups is 1. The first kappa shape index (κ1) is 18.1. The smallest absolute Gasteiger partial charge is 0.164 e. The van der Waals surface area contributed by atoms with Crippen LogP contribution in [0.25, 0.3) is 0 Å². The van der Waals surface area contributed by atoms with Crippen LogP contribution >= 0.6 is 0 Å². The number of allylic oxidation sites excluding steroid dienone is 5. The van der Waals surface area contributed by atoms with Gasteiger partial charge in [0.05, 0.1) is 6.33 Å². The molecule has 0 saturated heterocycles. The highest BCUT2D eigenvalue weighted by Crippen LogP contribution is 2.03. The van der Waals surface area contributed by atoms with Gasteiger partial charge in [-0.1, -0.05) is 51.7 Å². The lowest BCUT2D eigenvalue weighted by Crippen LogP contribution is -2.05. The van der Waals surface area contributed by atoms with E-state index in [9.17, 15) is 4.79 Å². The average molecular weight is 274 g/mol. The summed E-state index contributed by atoms with van der Waals surface area (Å²) in [6.45, 7) is 10.5. The van der Waals surface area contributed by atoms with E-state index in [4.69, 9.17) is 0 Å². The van der Waals surface area contributed by atoms with Crippen LogP contribution in [0.5, 0.6) is 0 Å². The second kappa shape index (κ2) is 12.2. The number of ketones is 1. The fourth-order valence-corrected chi connectivity index (χ4v) is 1.45. The lowest BCUT2D eigenvalue weighted by atomic mass is 10.1. The van der Waals surface area contributed by atoms with E-state index in [-0.39, 0.29) is 5.78 Å². The minimum Gasteiger partial charge on any atom is -0.337 e. The van der Waals surface area contributed by atoms with Crippen LogP contribution in [0.15, 0.2) is 55.2 Å². The molecular formula is C17H26N2O. The monoisotopic (exact) mass is 274 g/mol. The quantitative estimate of drug-likeness (QED) is 0.401. The van der Waals surface area contributed by atoms with Crippen LogP contribution in [-0.4, -0.2) is 15.3 Å². The third-order valence-corrected chi connectivity index (χ3v) is 2.51. The molecule has 0 radical (unpaired) electrons. The van der Waals surface area contributed by atoms with Gasteiger partial charge >= 0.3 is 0 Å². The Balaban J connectivity index is 0.00000172. The molecule has 0 spiro atoms. The molecule has 110 valence electrons. The summed E-state index contributed by atoms with van der Waals surface area (Å²) in [6.07, 6.45) is 15.6. The predicted octanol–water partition coefficient (Wildman–Crippen LogP) is 4.34. The molecule has 0 fully saturated rings. The van der Waals surface area contributed by atoms with Crippen LogP contribution < -0.4 is 0 Å². The maximum Gasteiger partial charge on any atom is 0.164 e. The molecule has 0 aromatic carbocycles. The molecule has 1 heterocycles. The highest BCUT2D eigenvalue weighted by molar-refractivity contribution is 5.97. The Kier molecular flexibility index (Phi) is 11.0. The molecule has 3 heteroatoms. The van der Waals surface area contributed by atoms with E-state index in [0.717, 1.165) is 12.8 Å². The molecule has 0 atom stereocenters. The van der Waals surface area contributed by atoms with Gasteiger partial charge in [0, 0.05) is 30.9 Å². The maximum atomic E-state index is 11.8. The summed E-state index contributed by atoms with van der Waals surface area (Å²) in [7, 11) is 0. The second-order valence-electron chi connectivity index (χ2n) is 4.02. The number of nitrogens with zero attached hydrogens (tertiary/aromatic N) is 2. The molecule has 0 amide bonds. The molecule has 3 nitrogen and oxygen atoms in total. The number of hydrogen-bond acceptors (Lipinski definition) is 2. The van der Waals surface area contributed by atoms with E-state index in [1.807, 2.05) is 30.7 Å². The van der Waals surface area contributed by atoms with E-state index < -0.39 is 0 Å². The van der Waals surface area contributed by atoms with E-state index in [0.29, 0.717) is 18.5 Å². The first-order valence-corrected chi connectivity index (χ1v) is 7.23. The van der Waals surface area contributed by atoms with Crippen molar-refractivity contribution >= 4 is 5.78 Å². The number of carbonyl (C=O) groups excluding carboxylic acids is 1. The zero-order valence-electron chi connectivity index (χ0n) is 12.9. The molecule has 0 saturated carbocycles. The van der Waals surface area contributed by atoms with Crippen molar-refractivity contribution in [2.45, 2.75) is 46.6 Å². The summed E-state index contributed by atoms with van der Waals surface area (Å²) in [4.78, 5) is 15.7. The van der Waals surface area contributed by atoms with Gasteiger partial charge in [-0.3, -0.25) is 4.79 Å². The summed E-state index contributed by atoms with van der Waals surface area (Å²) in [5.74, 6) is 0.0828. The van der Waals surface area contributed by atoms with Crippen molar-refractivity contribution in [2.75, 3.05) is 0 Å². The minimum absolute atomic E-state index is 0.0828. The fraction of sp³-hybridized carbons (Fsp3) is 0.412. The van der Waals surface area contributed by atoms with Crippen LogP contribution in [0.3, 0.4) is 0 Å². The molecule has 0 aliphatic heterocycles. The minimum atomic E-state index is 0.0828. The molecule has 1 aromatic rings. The van der Waals surface area contributed by atoms with Crippen LogP contribution in [0.1, 0.15) is 40.0 Å². The van der Waals surface area contributed by atoms with Gasteiger partial charge in [-0.05, 0) is 12.8 Å². The van der Waals surface area contributed by atoms with Crippen molar-refractivity contribution in [1.82, 2.24) is 9.55 Å². The number of Topliss-reactive ketones (excluding diaryl/α,β-unsaturated/α-hetero) is 1. The molecule has 0 aliphatic rings. The number of hydrogen-bond donors (Lipinski definition) is 0. The number of aryl methyl sites for hydroxylation is 1. The Morgan fingerprint density at radius 1 is 1.30 bits per heavy atom. The Morgan fingerprint density at radius 2 is 2.05 bits per heavy atom.